The number of nitrogens with one attached hydrogen (secondary N) is 1. The van der Waals surface area contributed by atoms with Gasteiger partial charge >= 0.3 is 0 Å². The molecule has 1 atom stereocenters. The molecule has 8 nitrogen and oxygen atoms in total. The average Bonchev–Trinajstić information content (AvgIpc) is 3.56. The van der Waals surface area contributed by atoms with Gasteiger partial charge in [-0.1, -0.05) is 12.1 Å². The summed E-state index contributed by atoms with van der Waals surface area (Å²) in [6.45, 7) is 0.378. The van der Waals surface area contributed by atoms with Gasteiger partial charge in [0.2, 0.25) is 11.0 Å². The summed E-state index contributed by atoms with van der Waals surface area (Å²) in [6.07, 6.45) is 2.54. The summed E-state index contributed by atoms with van der Waals surface area (Å²) in [7, 11) is -4.09. The van der Waals surface area contributed by atoms with E-state index in [-0.39, 0.29) is 23.8 Å². The van der Waals surface area contributed by atoms with Crippen LogP contribution in [-0.2, 0) is 21.4 Å². The highest BCUT2D eigenvalue weighted by atomic mass is 32.2. The van der Waals surface area contributed by atoms with Crippen LogP contribution in [0, 0.1) is 17.1 Å². The number of hydrogen-bond acceptors (Lipinski definition) is 6. The fourth-order valence-electron chi connectivity index (χ4n) is 4.29. The van der Waals surface area contributed by atoms with Crippen molar-refractivity contribution in [3.63, 3.8) is 0 Å². The molecule has 10 heteroatoms. The first-order valence-corrected chi connectivity index (χ1v) is 12.7. The van der Waals surface area contributed by atoms with Crippen LogP contribution in [0.15, 0.2) is 76.4 Å². The first-order valence-electron chi connectivity index (χ1n) is 11.3. The molecule has 5 rings (SSSR count). The molecule has 182 valence electrons. The summed E-state index contributed by atoms with van der Waals surface area (Å²) >= 11 is 0. The molecule has 1 aliphatic rings. The van der Waals surface area contributed by atoms with Gasteiger partial charge in [0.15, 0.2) is 0 Å². The number of fused-ring (bicyclic) bond motifs is 1. The molecule has 1 saturated heterocycles. The SMILES string of the molecule is N#Cc1ccc(-c2cc(CNC(=O)[C@@H]3CCCN3S(=O)(=O)c3cc4cc(F)ccc4o3)ccn2)cc1. The monoisotopic (exact) mass is 504 g/mol. The Kier molecular flexibility index (Phi) is 6.26. The molecule has 2 aromatic carbocycles. The summed E-state index contributed by atoms with van der Waals surface area (Å²) in [4.78, 5) is 17.4. The first-order chi connectivity index (χ1) is 17.3. The summed E-state index contributed by atoms with van der Waals surface area (Å²) < 4.78 is 46.6. The fraction of sp³-hybridized carbons (Fsp3) is 0.192. The fourth-order valence-corrected chi connectivity index (χ4v) is 5.89. The molecule has 1 N–H and O–H groups in total. The number of pyridine rings is 1. The van der Waals surface area contributed by atoms with Crippen LogP contribution in [0.1, 0.15) is 24.0 Å². The number of rotatable bonds is 6. The van der Waals surface area contributed by atoms with Crippen LogP contribution in [0.4, 0.5) is 4.39 Å². The van der Waals surface area contributed by atoms with E-state index in [4.69, 9.17) is 9.68 Å². The van der Waals surface area contributed by atoms with Gasteiger partial charge in [0.25, 0.3) is 10.0 Å². The zero-order valence-corrected chi connectivity index (χ0v) is 19.8. The van der Waals surface area contributed by atoms with Gasteiger partial charge in [-0.3, -0.25) is 9.78 Å². The second-order valence-corrected chi connectivity index (χ2v) is 10.3. The van der Waals surface area contributed by atoms with Crippen LogP contribution in [0.2, 0.25) is 0 Å². The van der Waals surface area contributed by atoms with Crippen molar-refractivity contribution >= 4 is 26.9 Å². The molecule has 1 fully saturated rings. The van der Waals surface area contributed by atoms with E-state index in [9.17, 15) is 17.6 Å². The van der Waals surface area contributed by atoms with Crippen molar-refractivity contribution in [2.24, 2.45) is 0 Å². The molecule has 0 saturated carbocycles. The second kappa shape index (κ2) is 9.53. The number of hydrogen-bond donors (Lipinski definition) is 1. The standard InChI is InChI=1S/C26H21FN4O4S/c27-21-7-8-24-20(13-21)14-25(35-24)36(33,34)31-11-1-2-23(31)26(32)30-16-18-9-10-29-22(12-18)19-5-3-17(15-28)4-6-19/h3-10,12-14,23H,1-2,11,16H2,(H,30,32)/t23-/m0/s1. The van der Waals surface area contributed by atoms with Crippen molar-refractivity contribution in [3.8, 4) is 17.3 Å². The third-order valence-electron chi connectivity index (χ3n) is 6.13. The Bertz CT molecular complexity index is 1590. The summed E-state index contributed by atoms with van der Waals surface area (Å²) in [5, 5.41) is 11.8. The van der Waals surface area contributed by atoms with Crippen LogP contribution in [-0.4, -0.2) is 36.2 Å². The summed E-state index contributed by atoms with van der Waals surface area (Å²) in [5.74, 6) is -0.904. The maximum atomic E-state index is 13.5. The Morgan fingerprint density at radius 2 is 1.97 bits per heavy atom. The lowest BCUT2D eigenvalue weighted by Gasteiger charge is -2.22. The van der Waals surface area contributed by atoms with Crippen molar-refractivity contribution in [3.05, 3.63) is 83.8 Å². The Hall–Kier alpha value is -4.07. The van der Waals surface area contributed by atoms with Crippen molar-refractivity contribution in [1.82, 2.24) is 14.6 Å². The van der Waals surface area contributed by atoms with E-state index in [2.05, 4.69) is 16.4 Å². The van der Waals surface area contributed by atoms with Crippen LogP contribution >= 0.6 is 0 Å². The number of carbonyl (C=O) groups is 1. The Balaban J connectivity index is 1.30. The van der Waals surface area contributed by atoms with Crippen molar-refractivity contribution in [2.75, 3.05) is 6.54 Å². The molecule has 0 bridgehead atoms. The van der Waals surface area contributed by atoms with Gasteiger partial charge < -0.3 is 9.73 Å². The molecule has 1 aliphatic heterocycles. The van der Waals surface area contributed by atoms with E-state index < -0.39 is 27.8 Å². The van der Waals surface area contributed by atoms with Gasteiger partial charge in [0.05, 0.1) is 17.3 Å². The summed E-state index contributed by atoms with van der Waals surface area (Å²) in [5.41, 5.74) is 3.13. The zero-order valence-electron chi connectivity index (χ0n) is 19.0. The van der Waals surface area contributed by atoms with E-state index in [0.717, 1.165) is 15.4 Å². The largest absolute Gasteiger partial charge is 0.443 e. The lowest BCUT2D eigenvalue weighted by molar-refractivity contribution is -0.124. The number of nitrogens with zero attached hydrogens (tertiary/aromatic N) is 3. The van der Waals surface area contributed by atoms with Crippen molar-refractivity contribution in [2.45, 2.75) is 30.5 Å². The number of carbonyl (C=O) groups excluding carboxylic acids is 1. The van der Waals surface area contributed by atoms with E-state index in [0.29, 0.717) is 29.5 Å². The molecule has 3 heterocycles. The predicted molar refractivity (Wildman–Crippen MR) is 129 cm³/mol. The molecule has 36 heavy (non-hydrogen) atoms. The number of aromatic nitrogens is 1. The normalized spacial score (nSPS) is 16.2. The second-order valence-electron chi connectivity index (χ2n) is 8.48. The minimum atomic E-state index is -4.09. The third-order valence-corrected chi connectivity index (χ3v) is 7.89. The lowest BCUT2D eigenvalue weighted by atomic mass is 10.1. The van der Waals surface area contributed by atoms with E-state index in [1.807, 2.05) is 6.07 Å². The Labute approximate surface area is 207 Å². The number of sulfonamides is 1. The molecular weight excluding hydrogens is 483 g/mol. The van der Waals surface area contributed by atoms with E-state index in [1.165, 1.54) is 24.3 Å². The molecule has 4 aromatic rings. The quantitative estimate of drug-likeness (QED) is 0.425. The van der Waals surface area contributed by atoms with Crippen molar-refractivity contribution in [1.29, 1.82) is 5.26 Å². The number of nitriles is 1. The Morgan fingerprint density at radius 1 is 1.17 bits per heavy atom. The minimum absolute atomic E-state index is 0.184. The number of furan rings is 1. The van der Waals surface area contributed by atoms with Gasteiger partial charge in [-0.05, 0) is 60.9 Å². The maximum Gasteiger partial charge on any atom is 0.277 e. The molecule has 0 unspecified atom stereocenters. The van der Waals surface area contributed by atoms with E-state index >= 15 is 0 Å². The number of halogens is 1. The predicted octanol–water partition coefficient (Wildman–Crippen LogP) is 3.98. The molecule has 2 aromatic heterocycles. The Morgan fingerprint density at radius 3 is 2.75 bits per heavy atom. The summed E-state index contributed by atoms with van der Waals surface area (Å²) in [6, 6.07) is 16.9. The molecule has 0 radical (unpaired) electrons. The molecular formula is C26H21FN4O4S. The van der Waals surface area contributed by atoms with Crippen LogP contribution in [0.5, 0.6) is 0 Å². The van der Waals surface area contributed by atoms with Gasteiger partial charge in [-0.2, -0.15) is 9.57 Å². The van der Waals surface area contributed by atoms with Gasteiger partial charge in [0, 0.05) is 36.3 Å². The van der Waals surface area contributed by atoms with Gasteiger partial charge in [-0.25, -0.2) is 12.8 Å². The molecule has 0 aliphatic carbocycles. The van der Waals surface area contributed by atoms with Gasteiger partial charge in [-0.15, -0.1) is 0 Å². The number of amides is 1. The third kappa shape index (κ3) is 4.58. The first kappa shape index (κ1) is 23.7. The van der Waals surface area contributed by atoms with E-state index in [1.54, 1.807) is 36.5 Å². The van der Waals surface area contributed by atoms with Gasteiger partial charge in [0.1, 0.15) is 17.4 Å². The zero-order chi connectivity index (χ0) is 25.3. The lowest BCUT2D eigenvalue weighted by Crippen LogP contribution is -2.45. The minimum Gasteiger partial charge on any atom is -0.443 e. The molecule has 1 amide bonds. The highest BCUT2D eigenvalue weighted by Gasteiger charge is 2.41. The highest BCUT2D eigenvalue weighted by molar-refractivity contribution is 7.89. The van der Waals surface area contributed by atoms with Crippen LogP contribution < -0.4 is 5.32 Å². The smallest absolute Gasteiger partial charge is 0.277 e. The van der Waals surface area contributed by atoms with Crippen molar-refractivity contribution < 1.29 is 22.0 Å². The maximum absolute atomic E-state index is 13.5. The molecule has 0 spiro atoms. The number of benzene rings is 2. The highest BCUT2D eigenvalue weighted by Crippen LogP contribution is 2.30. The average molecular weight is 505 g/mol. The van der Waals surface area contributed by atoms with Crippen LogP contribution in [0.25, 0.3) is 22.2 Å². The van der Waals surface area contributed by atoms with Crippen LogP contribution in [0.3, 0.4) is 0 Å². The topological polar surface area (TPSA) is 116 Å².